The van der Waals surface area contributed by atoms with Crippen molar-refractivity contribution in [1.29, 1.82) is 0 Å². The summed E-state index contributed by atoms with van der Waals surface area (Å²) in [5, 5.41) is 12.8. The maximum atomic E-state index is 12.5. The number of thioether (sulfide) groups is 2. The molecule has 0 aliphatic carbocycles. The molecule has 0 aliphatic rings. The van der Waals surface area contributed by atoms with Gasteiger partial charge in [-0.05, 0) is 36.8 Å². The molecule has 4 aromatic rings. The fraction of sp³-hybridized carbons (Fsp3) is 0.182. The largest absolute Gasteiger partial charge is 0.301 e. The molecule has 0 aliphatic heterocycles. The minimum atomic E-state index is -0.117. The van der Waals surface area contributed by atoms with Gasteiger partial charge in [0.05, 0.1) is 21.7 Å². The molecule has 0 spiro atoms. The van der Waals surface area contributed by atoms with E-state index in [1.165, 1.54) is 33.6 Å². The maximum Gasteiger partial charge on any atom is 0.236 e. The van der Waals surface area contributed by atoms with E-state index in [2.05, 4.69) is 45.3 Å². The molecule has 2 heterocycles. The number of anilines is 1. The molecule has 0 bridgehead atoms. The van der Waals surface area contributed by atoms with Gasteiger partial charge in [0.1, 0.15) is 5.82 Å². The first kappa shape index (κ1) is 21.6. The molecule has 31 heavy (non-hydrogen) atoms. The zero-order chi connectivity index (χ0) is 21.6. The smallest absolute Gasteiger partial charge is 0.236 e. The summed E-state index contributed by atoms with van der Waals surface area (Å²) in [5.41, 5.74) is 2.07. The fourth-order valence-corrected chi connectivity index (χ4v) is 5.49. The number of carbonyl (C=O) groups is 1. The minimum absolute atomic E-state index is 0.117. The van der Waals surface area contributed by atoms with Crippen LogP contribution in [0.25, 0.3) is 10.2 Å². The number of nitrogens with one attached hydrogen (secondary N) is 1. The van der Waals surface area contributed by atoms with E-state index in [9.17, 15) is 4.79 Å². The van der Waals surface area contributed by atoms with Gasteiger partial charge in [0.25, 0.3) is 0 Å². The highest BCUT2D eigenvalue weighted by Gasteiger charge is 2.15. The van der Waals surface area contributed by atoms with Crippen LogP contribution in [0.1, 0.15) is 11.4 Å². The van der Waals surface area contributed by atoms with Gasteiger partial charge in [-0.25, -0.2) is 4.98 Å². The Labute approximate surface area is 193 Å². The van der Waals surface area contributed by atoms with Gasteiger partial charge < -0.3 is 9.88 Å². The Morgan fingerprint density at radius 3 is 2.84 bits per heavy atom. The summed E-state index contributed by atoms with van der Waals surface area (Å²) in [7, 11) is 0. The molecule has 6 nitrogen and oxygen atoms in total. The van der Waals surface area contributed by atoms with Crippen molar-refractivity contribution < 1.29 is 4.79 Å². The van der Waals surface area contributed by atoms with E-state index in [1.54, 1.807) is 11.8 Å². The van der Waals surface area contributed by atoms with E-state index in [0.717, 1.165) is 16.0 Å². The standard InChI is InChI=1S/C22H21N5OS3/c1-3-11-27-19(13-29-16-7-5-4-6-8-16)25-26-22(27)30-14-20(28)24-21-23-17-10-9-15(2)12-18(17)31-21/h3-10,12H,1,11,13-14H2,2H3,(H,23,24,28). The van der Waals surface area contributed by atoms with Crippen LogP contribution in [-0.2, 0) is 17.1 Å². The van der Waals surface area contributed by atoms with Crippen LogP contribution in [0.15, 0.2) is 71.2 Å². The van der Waals surface area contributed by atoms with Crippen LogP contribution in [0.5, 0.6) is 0 Å². The maximum absolute atomic E-state index is 12.5. The van der Waals surface area contributed by atoms with Gasteiger partial charge in [-0.3, -0.25) is 4.79 Å². The molecule has 0 radical (unpaired) electrons. The number of hydrogen-bond donors (Lipinski definition) is 1. The molecule has 0 saturated heterocycles. The number of benzene rings is 2. The normalized spacial score (nSPS) is 11.0. The van der Waals surface area contributed by atoms with Gasteiger partial charge >= 0.3 is 0 Å². The predicted octanol–water partition coefficient (Wildman–Crippen LogP) is 5.41. The van der Waals surface area contributed by atoms with Gasteiger partial charge in [-0.2, -0.15) is 0 Å². The van der Waals surface area contributed by atoms with Crippen LogP contribution in [0.4, 0.5) is 5.13 Å². The van der Waals surface area contributed by atoms with E-state index >= 15 is 0 Å². The molecule has 2 aromatic carbocycles. The SMILES string of the molecule is C=CCn1c(CSc2ccccc2)nnc1SCC(=O)Nc1nc2ccc(C)cc2s1. The Kier molecular flexibility index (Phi) is 7.06. The number of allylic oxidation sites excluding steroid dienone is 1. The molecule has 2 aromatic heterocycles. The van der Waals surface area contributed by atoms with Crippen LogP contribution >= 0.6 is 34.9 Å². The summed E-state index contributed by atoms with van der Waals surface area (Å²) in [4.78, 5) is 18.1. The Morgan fingerprint density at radius 1 is 1.19 bits per heavy atom. The summed E-state index contributed by atoms with van der Waals surface area (Å²) < 4.78 is 3.07. The Bertz CT molecular complexity index is 1200. The van der Waals surface area contributed by atoms with Crippen molar-refractivity contribution >= 4 is 56.1 Å². The lowest BCUT2D eigenvalue weighted by molar-refractivity contribution is -0.113. The van der Waals surface area contributed by atoms with Crippen molar-refractivity contribution in [2.75, 3.05) is 11.1 Å². The second-order valence-electron chi connectivity index (χ2n) is 6.73. The first-order valence-corrected chi connectivity index (χ1v) is 12.4. The number of aryl methyl sites for hydroxylation is 1. The van der Waals surface area contributed by atoms with Crippen LogP contribution in [0.3, 0.4) is 0 Å². The molecule has 1 N–H and O–H groups in total. The lowest BCUT2D eigenvalue weighted by Crippen LogP contribution is -2.14. The van der Waals surface area contributed by atoms with Crippen molar-refractivity contribution in [3.8, 4) is 0 Å². The minimum Gasteiger partial charge on any atom is -0.301 e. The van der Waals surface area contributed by atoms with Gasteiger partial charge in [-0.15, -0.1) is 28.5 Å². The van der Waals surface area contributed by atoms with Crippen molar-refractivity contribution in [3.05, 3.63) is 72.6 Å². The first-order valence-electron chi connectivity index (χ1n) is 9.63. The van der Waals surface area contributed by atoms with E-state index in [-0.39, 0.29) is 11.7 Å². The fourth-order valence-electron chi connectivity index (χ4n) is 2.88. The molecule has 1 amide bonds. The zero-order valence-corrected chi connectivity index (χ0v) is 19.4. The highest BCUT2D eigenvalue weighted by molar-refractivity contribution is 7.99. The second kappa shape index (κ2) is 10.1. The van der Waals surface area contributed by atoms with Gasteiger partial charge in [0.15, 0.2) is 10.3 Å². The highest BCUT2D eigenvalue weighted by atomic mass is 32.2. The van der Waals surface area contributed by atoms with Crippen molar-refractivity contribution in [1.82, 2.24) is 19.7 Å². The number of nitrogens with zero attached hydrogens (tertiary/aromatic N) is 4. The lowest BCUT2D eigenvalue weighted by atomic mass is 10.2. The quantitative estimate of drug-likeness (QED) is 0.262. The topological polar surface area (TPSA) is 72.7 Å². The monoisotopic (exact) mass is 467 g/mol. The second-order valence-corrected chi connectivity index (χ2v) is 9.75. The Morgan fingerprint density at radius 2 is 2.03 bits per heavy atom. The zero-order valence-electron chi connectivity index (χ0n) is 16.9. The molecular weight excluding hydrogens is 446 g/mol. The number of aromatic nitrogens is 4. The predicted molar refractivity (Wildman–Crippen MR) is 130 cm³/mol. The number of carbonyl (C=O) groups excluding carboxylic acids is 1. The average molecular weight is 468 g/mol. The summed E-state index contributed by atoms with van der Waals surface area (Å²) in [6.45, 7) is 6.47. The van der Waals surface area contributed by atoms with Crippen LogP contribution in [-0.4, -0.2) is 31.4 Å². The van der Waals surface area contributed by atoms with Crippen LogP contribution in [0.2, 0.25) is 0 Å². The number of fused-ring (bicyclic) bond motifs is 1. The third-order valence-electron chi connectivity index (χ3n) is 4.34. The number of rotatable bonds is 9. The van der Waals surface area contributed by atoms with E-state index in [4.69, 9.17) is 0 Å². The molecule has 0 unspecified atom stereocenters. The van der Waals surface area contributed by atoms with Gasteiger partial charge in [0.2, 0.25) is 5.91 Å². The first-order chi connectivity index (χ1) is 15.1. The highest BCUT2D eigenvalue weighted by Crippen LogP contribution is 2.28. The Balaban J connectivity index is 1.38. The number of hydrogen-bond acceptors (Lipinski definition) is 7. The number of thiazole rings is 1. The molecule has 9 heteroatoms. The molecule has 0 atom stereocenters. The molecule has 0 saturated carbocycles. The van der Waals surface area contributed by atoms with E-state index in [0.29, 0.717) is 22.6 Å². The lowest BCUT2D eigenvalue weighted by Gasteiger charge is -2.07. The summed E-state index contributed by atoms with van der Waals surface area (Å²) >= 11 is 4.55. The van der Waals surface area contributed by atoms with Gasteiger partial charge in [0, 0.05) is 11.4 Å². The third kappa shape index (κ3) is 5.55. The van der Waals surface area contributed by atoms with Crippen molar-refractivity contribution in [2.24, 2.45) is 0 Å². The molecule has 4 rings (SSSR count). The molecular formula is C22H21N5OS3. The molecule has 0 fully saturated rings. The summed E-state index contributed by atoms with van der Waals surface area (Å²) in [6.07, 6.45) is 1.81. The Hall–Kier alpha value is -2.62. The van der Waals surface area contributed by atoms with E-state index in [1.807, 2.05) is 47.9 Å². The summed E-state index contributed by atoms with van der Waals surface area (Å²) in [6, 6.07) is 16.2. The third-order valence-corrected chi connectivity index (χ3v) is 7.25. The average Bonchev–Trinajstić information content (AvgIpc) is 3.34. The molecule has 158 valence electrons. The number of amides is 1. The van der Waals surface area contributed by atoms with Gasteiger partial charge in [-0.1, -0.05) is 53.4 Å². The summed E-state index contributed by atoms with van der Waals surface area (Å²) in [5.74, 6) is 1.67. The van der Waals surface area contributed by atoms with Crippen LogP contribution in [0, 0.1) is 6.92 Å². The van der Waals surface area contributed by atoms with Crippen molar-refractivity contribution in [2.45, 2.75) is 29.3 Å². The van der Waals surface area contributed by atoms with E-state index < -0.39 is 0 Å². The van der Waals surface area contributed by atoms with Crippen LogP contribution < -0.4 is 5.32 Å². The van der Waals surface area contributed by atoms with Crippen molar-refractivity contribution in [3.63, 3.8) is 0 Å².